The molecule has 4 rings (SSSR count). The second kappa shape index (κ2) is 11.9. The van der Waals surface area contributed by atoms with Gasteiger partial charge in [-0.15, -0.1) is 0 Å². The molecule has 208 valence electrons. The van der Waals surface area contributed by atoms with E-state index in [1.807, 2.05) is 13.8 Å². The molecular weight excluding hydrogens is 510 g/mol. The van der Waals surface area contributed by atoms with Crippen molar-refractivity contribution in [2.75, 3.05) is 32.0 Å². The van der Waals surface area contributed by atoms with Crippen LogP contribution in [0, 0.1) is 11.8 Å². The first-order chi connectivity index (χ1) is 18.1. The number of hydrogen-bond acceptors (Lipinski definition) is 8. The van der Waals surface area contributed by atoms with Gasteiger partial charge >= 0.3 is 6.09 Å². The highest BCUT2D eigenvalue weighted by atomic mass is 32.2. The summed E-state index contributed by atoms with van der Waals surface area (Å²) in [5.41, 5.74) is 6.76. The summed E-state index contributed by atoms with van der Waals surface area (Å²) in [5.74, 6) is -0.533. The molecule has 2 aliphatic rings. The number of nitrogen functional groups attached to an aromatic ring is 1. The van der Waals surface area contributed by atoms with Crippen LogP contribution >= 0.6 is 0 Å². The number of aromatic hydroxyl groups is 1. The number of carbonyl (C=O) groups excluding carboxylic acids is 1. The molecule has 2 aromatic carbocycles. The van der Waals surface area contributed by atoms with Crippen molar-refractivity contribution < 1.29 is 32.5 Å². The van der Waals surface area contributed by atoms with Crippen LogP contribution in [0.15, 0.2) is 53.4 Å². The van der Waals surface area contributed by atoms with Crippen molar-refractivity contribution in [2.24, 2.45) is 11.8 Å². The SMILES string of the molecule is CC(C)CN(C[C@@H](c1ccccc1O)[C@H](C)NC(=O)O[C@H]1CO[C@H]2OCC[C@H]21)S(=O)(=O)c1ccc(N)cc1. The molecule has 0 spiro atoms. The number of phenolic OH excluding ortho intramolecular Hbond substituents is 1. The molecule has 5 atom stereocenters. The summed E-state index contributed by atoms with van der Waals surface area (Å²) in [6.07, 6.45) is -0.633. The van der Waals surface area contributed by atoms with Crippen molar-refractivity contribution >= 4 is 21.8 Å². The molecular formula is C27H37N3O7S. The second-order valence-electron chi connectivity index (χ2n) is 10.4. The molecule has 0 bridgehead atoms. The number of fused-ring (bicyclic) bond motifs is 1. The van der Waals surface area contributed by atoms with Gasteiger partial charge in [0.2, 0.25) is 10.0 Å². The van der Waals surface area contributed by atoms with E-state index in [0.29, 0.717) is 17.9 Å². The Morgan fingerprint density at radius 2 is 1.84 bits per heavy atom. The maximum atomic E-state index is 13.7. The van der Waals surface area contributed by atoms with Gasteiger partial charge in [0, 0.05) is 36.3 Å². The fourth-order valence-corrected chi connectivity index (χ4v) is 6.65. The zero-order chi connectivity index (χ0) is 27.4. The predicted molar refractivity (Wildman–Crippen MR) is 142 cm³/mol. The first-order valence-electron chi connectivity index (χ1n) is 12.9. The number of nitrogens with two attached hydrogens (primary N) is 1. The van der Waals surface area contributed by atoms with Gasteiger partial charge in [-0.05, 0) is 49.6 Å². The molecule has 0 saturated carbocycles. The fourth-order valence-electron chi connectivity index (χ4n) is 5.02. The lowest BCUT2D eigenvalue weighted by Gasteiger charge is -2.32. The van der Waals surface area contributed by atoms with Crippen LogP contribution in [-0.4, -0.2) is 68.7 Å². The molecule has 2 aromatic rings. The molecule has 0 aromatic heterocycles. The van der Waals surface area contributed by atoms with E-state index in [1.165, 1.54) is 16.4 Å². The molecule has 38 heavy (non-hydrogen) atoms. The van der Waals surface area contributed by atoms with Gasteiger partial charge in [0.05, 0.1) is 24.0 Å². The molecule has 2 heterocycles. The number of para-hydroxylation sites is 1. The Hall–Kier alpha value is -2.86. The third-order valence-electron chi connectivity index (χ3n) is 7.02. The van der Waals surface area contributed by atoms with Gasteiger partial charge in [0.1, 0.15) is 11.9 Å². The molecule has 0 aliphatic carbocycles. The first-order valence-corrected chi connectivity index (χ1v) is 14.3. The summed E-state index contributed by atoms with van der Waals surface area (Å²) in [6, 6.07) is 12.2. The minimum absolute atomic E-state index is 0.00314. The zero-order valence-corrected chi connectivity index (χ0v) is 22.8. The quantitative estimate of drug-likeness (QED) is 0.385. The monoisotopic (exact) mass is 547 g/mol. The average Bonchev–Trinajstić information content (AvgIpc) is 3.47. The maximum absolute atomic E-state index is 13.7. The largest absolute Gasteiger partial charge is 0.508 e. The highest BCUT2D eigenvalue weighted by molar-refractivity contribution is 7.89. The minimum atomic E-state index is -3.90. The van der Waals surface area contributed by atoms with E-state index in [0.717, 1.165) is 6.42 Å². The van der Waals surface area contributed by atoms with Crippen LogP contribution < -0.4 is 11.1 Å². The van der Waals surface area contributed by atoms with Gasteiger partial charge in [-0.3, -0.25) is 0 Å². The lowest BCUT2D eigenvalue weighted by Crippen LogP contribution is -2.45. The third kappa shape index (κ3) is 6.40. The van der Waals surface area contributed by atoms with Gasteiger partial charge in [0.15, 0.2) is 6.29 Å². The van der Waals surface area contributed by atoms with Crippen molar-refractivity contribution in [1.82, 2.24) is 9.62 Å². The second-order valence-corrected chi connectivity index (χ2v) is 12.3. The summed E-state index contributed by atoms with van der Waals surface area (Å²) in [5, 5.41) is 13.5. The Bertz CT molecular complexity index is 1210. The maximum Gasteiger partial charge on any atom is 0.407 e. The van der Waals surface area contributed by atoms with Crippen molar-refractivity contribution in [3.05, 3.63) is 54.1 Å². The molecule has 2 fully saturated rings. The minimum Gasteiger partial charge on any atom is -0.508 e. The number of anilines is 1. The van der Waals surface area contributed by atoms with E-state index in [9.17, 15) is 18.3 Å². The van der Waals surface area contributed by atoms with E-state index in [1.54, 1.807) is 43.3 Å². The van der Waals surface area contributed by atoms with Gasteiger partial charge < -0.3 is 30.4 Å². The number of hydrogen-bond donors (Lipinski definition) is 3. The Balaban J connectivity index is 1.57. The topological polar surface area (TPSA) is 140 Å². The van der Waals surface area contributed by atoms with Crippen LogP contribution in [0.3, 0.4) is 0 Å². The van der Waals surface area contributed by atoms with Crippen molar-refractivity contribution in [3.63, 3.8) is 0 Å². The smallest absolute Gasteiger partial charge is 0.407 e. The standard InChI is InChI=1S/C27H37N3O7S/c1-17(2)14-30(38(33,34)20-10-8-19(28)9-11-20)15-23(21-6-4-5-7-24(21)31)18(3)29-27(32)37-25-16-36-26-22(25)12-13-35-26/h4-11,17-18,22-23,25-26,31H,12-16,28H2,1-3H3,(H,29,32)/t18-,22-,23+,25-,26+/m0/s1. The molecule has 10 nitrogen and oxygen atoms in total. The third-order valence-corrected chi connectivity index (χ3v) is 8.86. The number of ether oxygens (including phenoxy) is 3. The molecule has 0 radical (unpaired) electrons. The van der Waals surface area contributed by atoms with E-state index < -0.39 is 34.2 Å². The predicted octanol–water partition coefficient (Wildman–Crippen LogP) is 3.28. The number of amides is 1. The Morgan fingerprint density at radius 1 is 1.13 bits per heavy atom. The lowest BCUT2D eigenvalue weighted by molar-refractivity contribution is -0.0907. The summed E-state index contributed by atoms with van der Waals surface area (Å²) in [6.45, 7) is 6.74. The van der Waals surface area contributed by atoms with Crippen LogP contribution in [0.2, 0.25) is 0 Å². The van der Waals surface area contributed by atoms with Gasteiger partial charge in [0.25, 0.3) is 0 Å². The Kier molecular flexibility index (Phi) is 8.81. The number of benzene rings is 2. The van der Waals surface area contributed by atoms with Gasteiger partial charge in [-0.25, -0.2) is 13.2 Å². The number of carbonyl (C=O) groups is 1. The molecule has 2 saturated heterocycles. The number of sulfonamides is 1. The van der Waals surface area contributed by atoms with Crippen molar-refractivity contribution in [1.29, 1.82) is 0 Å². The number of rotatable bonds is 10. The molecule has 1 amide bonds. The van der Waals surface area contributed by atoms with Crippen LogP contribution in [0.4, 0.5) is 10.5 Å². The Labute approximate surface area is 224 Å². The van der Waals surface area contributed by atoms with Gasteiger partial charge in [-0.1, -0.05) is 32.0 Å². The van der Waals surface area contributed by atoms with E-state index in [2.05, 4.69) is 5.32 Å². The van der Waals surface area contributed by atoms with Crippen LogP contribution in [0.5, 0.6) is 5.75 Å². The van der Waals surface area contributed by atoms with Crippen molar-refractivity contribution in [2.45, 2.75) is 56.4 Å². The highest BCUT2D eigenvalue weighted by Gasteiger charge is 2.44. The molecule has 0 unspecified atom stereocenters. The van der Waals surface area contributed by atoms with Crippen LogP contribution in [-0.2, 0) is 24.2 Å². The van der Waals surface area contributed by atoms with Crippen LogP contribution in [0.25, 0.3) is 0 Å². The average molecular weight is 548 g/mol. The lowest BCUT2D eigenvalue weighted by atomic mass is 9.91. The van der Waals surface area contributed by atoms with E-state index in [4.69, 9.17) is 19.9 Å². The van der Waals surface area contributed by atoms with E-state index >= 15 is 0 Å². The fraction of sp³-hybridized carbons (Fsp3) is 0.519. The summed E-state index contributed by atoms with van der Waals surface area (Å²) in [4.78, 5) is 13.0. The molecule has 2 aliphatic heterocycles. The number of phenols is 1. The molecule has 11 heteroatoms. The summed E-state index contributed by atoms with van der Waals surface area (Å²) >= 11 is 0. The van der Waals surface area contributed by atoms with Gasteiger partial charge in [-0.2, -0.15) is 4.31 Å². The number of alkyl carbamates (subject to hydrolysis) is 1. The normalized spacial score (nSPS) is 22.8. The van der Waals surface area contributed by atoms with E-state index in [-0.39, 0.29) is 48.5 Å². The number of nitrogens with one attached hydrogen (secondary N) is 1. The zero-order valence-electron chi connectivity index (χ0n) is 21.9. The van der Waals surface area contributed by atoms with Crippen LogP contribution in [0.1, 0.15) is 38.7 Å². The first kappa shape index (κ1) is 28.2. The molecule has 4 N–H and O–H groups in total. The summed E-state index contributed by atoms with van der Waals surface area (Å²) in [7, 11) is -3.90. The highest BCUT2D eigenvalue weighted by Crippen LogP contribution is 2.34. The van der Waals surface area contributed by atoms with Crippen molar-refractivity contribution in [3.8, 4) is 5.75 Å². The Morgan fingerprint density at radius 3 is 2.53 bits per heavy atom. The summed E-state index contributed by atoms with van der Waals surface area (Å²) < 4.78 is 45.5. The number of nitrogens with zero attached hydrogens (tertiary/aromatic N) is 1.